The molecule has 4 nitrogen and oxygen atoms in total. The number of hydrogen-bond acceptors (Lipinski definition) is 3. The van der Waals surface area contributed by atoms with Crippen molar-refractivity contribution in [3.05, 3.63) is 60.4 Å². The molecule has 0 spiro atoms. The summed E-state index contributed by atoms with van der Waals surface area (Å²) in [4.78, 5) is 21.0. The van der Waals surface area contributed by atoms with Crippen molar-refractivity contribution in [1.29, 1.82) is 0 Å². The molecular formula is C24H34O4. The number of ketones is 1. The smallest absolute Gasteiger partial charge is 0.303 e. The minimum Gasteiger partial charge on any atom is -0.493 e. The fourth-order valence-corrected chi connectivity index (χ4v) is 2.45. The second-order valence-corrected chi connectivity index (χ2v) is 6.01. The highest BCUT2D eigenvalue weighted by Crippen LogP contribution is 2.23. The van der Waals surface area contributed by atoms with Gasteiger partial charge in [-0.05, 0) is 56.4 Å². The summed E-state index contributed by atoms with van der Waals surface area (Å²) in [5.41, 5.74) is 2.79. The number of carbonyl (C=O) groups excluding carboxylic acids is 1. The third-order valence-electron chi connectivity index (χ3n) is 3.78. The molecule has 1 aromatic carbocycles. The van der Waals surface area contributed by atoms with E-state index >= 15 is 0 Å². The number of para-hydroxylation sites is 1. The molecule has 0 bridgehead atoms. The Balaban J connectivity index is 0.000000566. The van der Waals surface area contributed by atoms with Gasteiger partial charge in [-0.2, -0.15) is 0 Å². The van der Waals surface area contributed by atoms with Gasteiger partial charge in [-0.25, -0.2) is 0 Å². The van der Waals surface area contributed by atoms with Gasteiger partial charge in [-0.15, -0.1) is 5.73 Å². The van der Waals surface area contributed by atoms with Crippen LogP contribution in [0, 0.1) is 5.92 Å². The second-order valence-electron chi connectivity index (χ2n) is 6.01. The number of Topliss-reactive ketones (excluding diaryl/α,β-unsaturated/α-hetero) is 1. The lowest BCUT2D eigenvalue weighted by Crippen LogP contribution is -1.96. The van der Waals surface area contributed by atoms with Crippen molar-refractivity contribution in [2.45, 2.75) is 59.3 Å². The first kappa shape index (κ1) is 25.4. The van der Waals surface area contributed by atoms with E-state index in [4.69, 9.17) is 9.84 Å². The zero-order chi connectivity index (χ0) is 21.0. The van der Waals surface area contributed by atoms with Gasteiger partial charge < -0.3 is 9.84 Å². The lowest BCUT2D eigenvalue weighted by atomic mass is 10.1. The molecule has 1 aliphatic carbocycles. The summed E-state index contributed by atoms with van der Waals surface area (Å²) in [7, 11) is 0. The van der Waals surface area contributed by atoms with Gasteiger partial charge in [0.25, 0.3) is 0 Å². The average molecular weight is 387 g/mol. The van der Waals surface area contributed by atoms with Crippen LogP contribution in [0.2, 0.25) is 0 Å². The molecule has 0 saturated heterocycles. The summed E-state index contributed by atoms with van der Waals surface area (Å²) in [5.74, 6) is 1.03. The standard InChI is InChI=1S/C15H18O2.C7H10O2.C2H6/c16-14-10-9-13(12-14)6-4-5-11-17-15-7-2-1-3-8-15;1-2-3-4-5-6-7(8)9;1-2/h1-4,6-8,13H,5,9-12H2;2,4H,5-6H2,1H3,(H,8,9);1-2H3/b6-4+;;. The van der Waals surface area contributed by atoms with Crippen molar-refractivity contribution in [3.63, 3.8) is 0 Å². The van der Waals surface area contributed by atoms with E-state index in [9.17, 15) is 9.59 Å². The van der Waals surface area contributed by atoms with Crippen LogP contribution in [0.4, 0.5) is 0 Å². The summed E-state index contributed by atoms with van der Waals surface area (Å²) in [6.07, 6.45) is 11.9. The Bertz CT molecular complexity index is 625. The molecule has 1 atom stereocenters. The molecule has 0 radical (unpaired) electrons. The molecule has 1 saturated carbocycles. The maximum Gasteiger partial charge on any atom is 0.303 e. The van der Waals surface area contributed by atoms with Gasteiger partial charge in [-0.1, -0.05) is 44.2 Å². The number of carbonyl (C=O) groups is 2. The monoisotopic (exact) mass is 386 g/mol. The molecule has 4 heteroatoms. The molecule has 1 aliphatic rings. The van der Waals surface area contributed by atoms with E-state index in [-0.39, 0.29) is 6.42 Å². The quantitative estimate of drug-likeness (QED) is 0.339. The highest BCUT2D eigenvalue weighted by atomic mass is 16.5. The number of rotatable bonds is 8. The highest BCUT2D eigenvalue weighted by molar-refractivity contribution is 5.80. The van der Waals surface area contributed by atoms with Crippen LogP contribution in [0.15, 0.2) is 60.4 Å². The highest BCUT2D eigenvalue weighted by Gasteiger charge is 2.18. The zero-order valence-electron chi connectivity index (χ0n) is 17.4. The molecule has 0 heterocycles. The Morgan fingerprint density at radius 2 is 1.96 bits per heavy atom. The molecule has 154 valence electrons. The number of aliphatic carboxylic acids is 1. The zero-order valence-corrected chi connectivity index (χ0v) is 17.4. The third-order valence-corrected chi connectivity index (χ3v) is 3.78. The van der Waals surface area contributed by atoms with Crippen LogP contribution in [-0.4, -0.2) is 23.5 Å². The largest absolute Gasteiger partial charge is 0.493 e. The number of hydrogen-bond donors (Lipinski definition) is 1. The molecule has 2 rings (SSSR count). The van der Waals surface area contributed by atoms with E-state index in [0.717, 1.165) is 31.4 Å². The van der Waals surface area contributed by atoms with Crippen LogP contribution in [-0.2, 0) is 9.59 Å². The van der Waals surface area contributed by atoms with Crippen molar-refractivity contribution < 1.29 is 19.4 Å². The van der Waals surface area contributed by atoms with Gasteiger partial charge in [0.2, 0.25) is 0 Å². The molecule has 1 N–H and O–H groups in total. The van der Waals surface area contributed by atoms with Gasteiger partial charge >= 0.3 is 5.97 Å². The van der Waals surface area contributed by atoms with Crippen molar-refractivity contribution in [2.24, 2.45) is 5.92 Å². The SMILES string of the molecule is CC.CC=C=CCCC(=O)O.O=C1CCC(/C=C/CCOc2ccccc2)C1. The Hall–Kier alpha value is -2.58. The fraction of sp³-hybridized carbons (Fsp3) is 0.458. The summed E-state index contributed by atoms with van der Waals surface area (Å²) in [6.45, 7) is 6.54. The number of ether oxygens (including phenoxy) is 1. The van der Waals surface area contributed by atoms with Gasteiger partial charge in [-0.3, -0.25) is 9.59 Å². The van der Waals surface area contributed by atoms with Crippen LogP contribution in [0.5, 0.6) is 5.75 Å². The van der Waals surface area contributed by atoms with Gasteiger partial charge in [0.15, 0.2) is 0 Å². The first-order valence-electron chi connectivity index (χ1n) is 10.1. The van der Waals surface area contributed by atoms with Crippen LogP contribution < -0.4 is 4.74 Å². The number of carboxylic acids is 1. The molecule has 1 fully saturated rings. The molecule has 0 amide bonds. The third kappa shape index (κ3) is 14.6. The summed E-state index contributed by atoms with van der Waals surface area (Å²) in [5, 5.41) is 8.15. The fourth-order valence-electron chi connectivity index (χ4n) is 2.45. The Kier molecular flexibility index (Phi) is 16.2. The van der Waals surface area contributed by atoms with Crippen LogP contribution in [0.3, 0.4) is 0 Å². The lowest BCUT2D eigenvalue weighted by molar-refractivity contribution is -0.136. The first-order chi connectivity index (χ1) is 13.6. The average Bonchev–Trinajstić information content (AvgIpc) is 3.13. The van der Waals surface area contributed by atoms with E-state index in [1.165, 1.54) is 0 Å². The molecule has 0 aromatic heterocycles. The maximum absolute atomic E-state index is 11.1. The summed E-state index contributed by atoms with van der Waals surface area (Å²) < 4.78 is 5.57. The normalized spacial score (nSPS) is 14.8. The molecular weight excluding hydrogens is 352 g/mol. The van der Waals surface area contributed by atoms with E-state index in [1.54, 1.807) is 12.2 Å². The van der Waals surface area contributed by atoms with Crippen LogP contribution in [0.25, 0.3) is 0 Å². The lowest BCUT2D eigenvalue weighted by Gasteiger charge is -2.03. The Morgan fingerprint density at radius 3 is 2.54 bits per heavy atom. The van der Waals surface area contributed by atoms with Crippen molar-refractivity contribution >= 4 is 11.8 Å². The summed E-state index contributed by atoms with van der Waals surface area (Å²) >= 11 is 0. The number of carboxylic acid groups (broad SMARTS) is 1. The topological polar surface area (TPSA) is 63.6 Å². The van der Waals surface area contributed by atoms with Gasteiger partial charge in [0.05, 0.1) is 6.61 Å². The van der Waals surface area contributed by atoms with Crippen LogP contribution in [0.1, 0.15) is 59.3 Å². The predicted octanol–water partition coefficient (Wildman–Crippen LogP) is 5.99. The molecule has 1 aromatic rings. The number of allylic oxidation sites excluding steroid dienone is 2. The van der Waals surface area contributed by atoms with Crippen molar-refractivity contribution in [3.8, 4) is 5.75 Å². The van der Waals surface area contributed by atoms with E-state index in [0.29, 0.717) is 24.7 Å². The second kappa shape index (κ2) is 17.8. The minimum atomic E-state index is -0.760. The Morgan fingerprint density at radius 1 is 1.25 bits per heavy atom. The Labute approximate surface area is 169 Å². The number of benzene rings is 1. The van der Waals surface area contributed by atoms with E-state index < -0.39 is 5.97 Å². The minimum absolute atomic E-state index is 0.195. The molecule has 0 aliphatic heterocycles. The summed E-state index contributed by atoms with van der Waals surface area (Å²) in [6, 6.07) is 9.83. The van der Waals surface area contributed by atoms with Gasteiger partial charge in [0, 0.05) is 19.3 Å². The molecule has 28 heavy (non-hydrogen) atoms. The molecule has 1 unspecified atom stereocenters. The van der Waals surface area contributed by atoms with E-state index in [1.807, 2.05) is 51.1 Å². The first-order valence-corrected chi connectivity index (χ1v) is 10.1. The predicted molar refractivity (Wildman–Crippen MR) is 115 cm³/mol. The van der Waals surface area contributed by atoms with Crippen molar-refractivity contribution in [2.75, 3.05) is 6.61 Å². The maximum atomic E-state index is 11.1. The van der Waals surface area contributed by atoms with Crippen LogP contribution >= 0.6 is 0 Å². The van der Waals surface area contributed by atoms with E-state index in [2.05, 4.69) is 17.9 Å². The van der Waals surface area contributed by atoms with Crippen molar-refractivity contribution in [1.82, 2.24) is 0 Å². The van der Waals surface area contributed by atoms with Gasteiger partial charge in [0.1, 0.15) is 11.5 Å².